The van der Waals surface area contributed by atoms with Gasteiger partial charge in [-0.3, -0.25) is 19.3 Å². The lowest BCUT2D eigenvalue weighted by atomic mass is 10.0. The lowest BCUT2D eigenvalue weighted by Gasteiger charge is -2.34. The Balaban J connectivity index is 1.81. The number of hydrogen-bond donors (Lipinski definition) is 0. The van der Waals surface area contributed by atoms with Gasteiger partial charge in [-0.1, -0.05) is 23.2 Å². The van der Waals surface area contributed by atoms with Gasteiger partial charge < -0.3 is 4.90 Å². The molecule has 1 fully saturated rings. The molecule has 0 unspecified atom stereocenters. The molecule has 1 aromatic rings. The van der Waals surface area contributed by atoms with Crippen LogP contribution in [-0.4, -0.2) is 46.7 Å². The van der Waals surface area contributed by atoms with Gasteiger partial charge in [-0.05, 0) is 38.3 Å². The smallest absolute Gasteiger partial charge is 0.262 e. The van der Waals surface area contributed by atoms with Gasteiger partial charge in [0.2, 0.25) is 5.91 Å². The first-order chi connectivity index (χ1) is 10.9. The number of piperidine rings is 1. The fraction of sp³-hybridized carbons (Fsp3) is 0.438. The SMILES string of the molecule is C[C@H]1CCCCN1C(=O)CN1C(=O)c2cc(Cl)c(Cl)cc2C1=O. The third kappa shape index (κ3) is 2.83. The Kier molecular flexibility index (Phi) is 4.34. The van der Waals surface area contributed by atoms with E-state index in [9.17, 15) is 14.4 Å². The number of imide groups is 1. The number of halogens is 2. The maximum Gasteiger partial charge on any atom is 0.262 e. The second kappa shape index (κ2) is 6.13. The van der Waals surface area contributed by atoms with Crippen molar-refractivity contribution in [2.45, 2.75) is 32.2 Å². The van der Waals surface area contributed by atoms with Crippen LogP contribution in [0.5, 0.6) is 0 Å². The fourth-order valence-corrected chi connectivity index (χ4v) is 3.45. The number of amides is 3. The van der Waals surface area contributed by atoms with Crippen molar-refractivity contribution in [1.29, 1.82) is 0 Å². The lowest BCUT2D eigenvalue weighted by Crippen LogP contribution is -2.48. The molecule has 0 bridgehead atoms. The molecule has 5 nitrogen and oxygen atoms in total. The predicted molar refractivity (Wildman–Crippen MR) is 86.9 cm³/mol. The van der Waals surface area contributed by atoms with Crippen LogP contribution in [0.1, 0.15) is 46.9 Å². The molecule has 1 aromatic carbocycles. The normalized spacial score (nSPS) is 20.9. The summed E-state index contributed by atoms with van der Waals surface area (Å²) >= 11 is 11.8. The molecule has 3 rings (SSSR count). The molecule has 0 spiro atoms. The zero-order valence-electron chi connectivity index (χ0n) is 12.6. The standard InChI is InChI=1S/C16H16Cl2N2O3/c1-9-4-2-3-5-19(9)14(21)8-20-15(22)10-6-12(17)13(18)7-11(10)16(20)23/h6-7,9H,2-5,8H2,1H3/t9-/m0/s1. The highest BCUT2D eigenvalue weighted by atomic mass is 35.5. The Labute approximate surface area is 144 Å². The summed E-state index contributed by atoms with van der Waals surface area (Å²) in [5, 5.41) is 0.425. The van der Waals surface area contributed by atoms with Gasteiger partial charge in [0.1, 0.15) is 6.54 Å². The average Bonchev–Trinajstić information content (AvgIpc) is 2.73. The first-order valence-electron chi connectivity index (χ1n) is 7.55. The summed E-state index contributed by atoms with van der Waals surface area (Å²) in [7, 11) is 0. The number of likely N-dealkylation sites (tertiary alicyclic amines) is 1. The van der Waals surface area contributed by atoms with E-state index in [1.807, 2.05) is 6.92 Å². The summed E-state index contributed by atoms with van der Waals surface area (Å²) in [6.07, 6.45) is 2.98. The van der Waals surface area contributed by atoms with Crippen molar-refractivity contribution in [1.82, 2.24) is 9.80 Å². The first kappa shape index (κ1) is 16.3. The highest BCUT2D eigenvalue weighted by Crippen LogP contribution is 2.31. The molecular formula is C16H16Cl2N2O3. The van der Waals surface area contributed by atoms with Crippen LogP contribution in [0.4, 0.5) is 0 Å². The zero-order valence-corrected chi connectivity index (χ0v) is 14.2. The van der Waals surface area contributed by atoms with E-state index in [-0.39, 0.29) is 39.7 Å². The third-order valence-electron chi connectivity index (χ3n) is 4.43. The summed E-state index contributed by atoms with van der Waals surface area (Å²) in [5.41, 5.74) is 0.396. The molecule has 2 aliphatic heterocycles. The molecule has 3 amide bonds. The van der Waals surface area contributed by atoms with Crippen molar-refractivity contribution < 1.29 is 14.4 Å². The van der Waals surface area contributed by atoms with E-state index < -0.39 is 11.8 Å². The van der Waals surface area contributed by atoms with Crippen LogP contribution < -0.4 is 0 Å². The highest BCUT2D eigenvalue weighted by Gasteiger charge is 2.38. The van der Waals surface area contributed by atoms with Crippen molar-refractivity contribution in [2.75, 3.05) is 13.1 Å². The second-order valence-electron chi connectivity index (χ2n) is 5.94. The minimum Gasteiger partial charge on any atom is -0.338 e. The maximum atomic E-state index is 12.5. The van der Waals surface area contributed by atoms with Gasteiger partial charge in [0.25, 0.3) is 11.8 Å². The van der Waals surface area contributed by atoms with E-state index in [4.69, 9.17) is 23.2 Å². The molecule has 7 heteroatoms. The summed E-state index contributed by atoms with van der Waals surface area (Å²) in [5.74, 6) is -1.20. The molecule has 0 aromatic heterocycles. The number of carbonyl (C=O) groups excluding carboxylic acids is 3. The minimum atomic E-state index is -0.499. The van der Waals surface area contributed by atoms with E-state index >= 15 is 0 Å². The molecule has 23 heavy (non-hydrogen) atoms. The second-order valence-corrected chi connectivity index (χ2v) is 6.75. The maximum absolute atomic E-state index is 12.5. The van der Waals surface area contributed by atoms with Crippen molar-refractivity contribution in [3.8, 4) is 0 Å². The number of carbonyl (C=O) groups is 3. The van der Waals surface area contributed by atoms with Crippen LogP contribution in [0, 0.1) is 0 Å². The topological polar surface area (TPSA) is 57.7 Å². The molecule has 0 saturated carbocycles. The number of nitrogens with zero attached hydrogens (tertiary/aromatic N) is 2. The Bertz CT molecular complexity index is 664. The molecule has 2 heterocycles. The summed E-state index contributed by atoms with van der Waals surface area (Å²) in [4.78, 5) is 40.0. The number of benzene rings is 1. The molecule has 1 atom stereocenters. The van der Waals surface area contributed by atoms with E-state index in [0.717, 1.165) is 24.2 Å². The van der Waals surface area contributed by atoms with Crippen LogP contribution in [0.3, 0.4) is 0 Å². The highest BCUT2D eigenvalue weighted by molar-refractivity contribution is 6.43. The number of fused-ring (bicyclic) bond motifs is 1. The first-order valence-corrected chi connectivity index (χ1v) is 8.30. The molecule has 2 aliphatic rings. The summed E-state index contributed by atoms with van der Waals surface area (Å²) in [6.45, 7) is 2.41. The Morgan fingerprint density at radius 3 is 2.22 bits per heavy atom. The molecule has 1 saturated heterocycles. The van der Waals surface area contributed by atoms with Crippen molar-refractivity contribution in [2.24, 2.45) is 0 Å². The van der Waals surface area contributed by atoms with Crippen LogP contribution in [0.2, 0.25) is 10.0 Å². The fourth-order valence-electron chi connectivity index (χ4n) is 3.12. The van der Waals surface area contributed by atoms with Crippen molar-refractivity contribution >= 4 is 40.9 Å². The van der Waals surface area contributed by atoms with E-state index in [2.05, 4.69) is 0 Å². The van der Waals surface area contributed by atoms with Gasteiger partial charge in [0.05, 0.1) is 21.2 Å². The number of rotatable bonds is 2. The predicted octanol–water partition coefficient (Wildman–Crippen LogP) is 2.99. The molecule has 0 radical (unpaired) electrons. The summed E-state index contributed by atoms with van der Waals surface area (Å²) in [6, 6.07) is 2.90. The van der Waals surface area contributed by atoms with Crippen molar-refractivity contribution in [3.05, 3.63) is 33.3 Å². The van der Waals surface area contributed by atoms with Gasteiger partial charge in [-0.25, -0.2) is 0 Å². The van der Waals surface area contributed by atoms with Gasteiger partial charge in [0.15, 0.2) is 0 Å². The van der Waals surface area contributed by atoms with Crippen LogP contribution >= 0.6 is 23.2 Å². The van der Waals surface area contributed by atoms with Gasteiger partial charge >= 0.3 is 0 Å². The van der Waals surface area contributed by atoms with Crippen LogP contribution in [-0.2, 0) is 4.79 Å². The van der Waals surface area contributed by atoms with E-state index in [0.29, 0.717) is 6.54 Å². The molecule has 0 N–H and O–H groups in total. The molecule has 0 aliphatic carbocycles. The van der Waals surface area contributed by atoms with Gasteiger partial charge in [-0.15, -0.1) is 0 Å². The van der Waals surface area contributed by atoms with Gasteiger partial charge in [-0.2, -0.15) is 0 Å². The average molecular weight is 355 g/mol. The largest absolute Gasteiger partial charge is 0.338 e. The van der Waals surface area contributed by atoms with Crippen LogP contribution in [0.15, 0.2) is 12.1 Å². The quantitative estimate of drug-likeness (QED) is 0.767. The monoisotopic (exact) mass is 354 g/mol. The van der Waals surface area contributed by atoms with E-state index in [1.165, 1.54) is 12.1 Å². The number of hydrogen-bond acceptors (Lipinski definition) is 3. The molecule has 122 valence electrons. The summed E-state index contributed by atoms with van der Waals surface area (Å²) < 4.78 is 0. The Morgan fingerprint density at radius 2 is 1.70 bits per heavy atom. The van der Waals surface area contributed by atoms with Gasteiger partial charge in [0, 0.05) is 12.6 Å². The van der Waals surface area contributed by atoms with Crippen molar-refractivity contribution in [3.63, 3.8) is 0 Å². The lowest BCUT2D eigenvalue weighted by molar-refractivity contribution is -0.134. The Hall–Kier alpha value is -1.59. The zero-order chi connectivity index (χ0) is 16.7. The minimum absolute atomic E-state index is 0.135. The van der Waals surface area contributed by atoms with Crippen LogP contribution in [0.25, 0.3) is 0 Å². The van der Waals surface area contributed by atoms with E-state index in [1.54, 1.807) is 4.90 Å². The Morgan fingerprint density at radius 1 is 1.13 bits per heavy atom. The molecular weight excluding hydrogens is 339 g/mol. The third-order valence-corrected chi connectivity index (χ3v) is 5.15.